The van der Waals surface area contributed by atoms with Crippen LogP contribution in [0, 0.1) is 18.3 Å². The first-order valence-corrected chi connectivity index (χ1v) is 4.29. The molecule has 2 rings (SSSR count). The van der Waals surface area contributed by atoms with Crippen LogP contribution in [-0.4, -0.2) is 5.11 Å². The van der Waals surface area contributed by atoms with Crippen LogP contribution in [-0.2, 0) is 6.61 Å². The second-order valence-corrected chi connectivity index (χ2v) is 3.16. The highest BCUT2D eigenvalue weighted by Crippen LogP contribution is 2.25. The van der Waals surface area contributed by atoms with Crippen molar-refractivity contribution in [1.82, 2.24) is 0 Å². The van der Waals surface area contributed by atoms with Crippen molar-refractivity contribution < 1.29 is 9.52 Å². The quantitative estimate of drug-likeness (QED) is 0.743. The minimum Gasteiger partial charge on any atom is -0.445 e. The van der Waals surface area contributed by atoms with Gasteiger partial charge < -0.3 is 9.52 Å². The van der Waals surface area contributed by atoms with Crippen molar-refractivity contribution in [3.63, 3.8) is 0 Å². The molecule has 0 saturated heterocycles. The maximum atomic E-state index is 8.92. The van der Waals surface area contributed by atoms with Gasteiger partial charge in [0.05, 0.1) is 6.61 Å². The van der Waals surface area contributed by atoms with Gasteiger partial charge in [-0.25, -0.2) is 0 Å². The molecular formula is C11H9NO2. The van der Waals surface area contributed by atoms with Crippen LogP contribution in [0.15, 0.2) is 22.6 Å². The summed E-state index contributed by atoms with van der Waals surface area (Å²) in [7, 11) is 0. The summed E-state index contributed by atoms with van der Waals surface area (Å²) in [6, 6.07) is 7.43. The number of aryl methyl sites for hydroxylation is 1. The van der Waals surface area contributed by atoms with Gasteiger partial charge in [0.2, 0.25) is 5.76 Å². The zero-order chi connectivity index (χ0) is 10.1. The zero-order valence-electron chi connectivity index (χ0n) is 7.74. The van der Waals surface area contributed by atoms with Crippen LogP contribution in [0.1, 0.15) is 16.9 Å². The van der Waals surface area contributed by atoms with E-state index in [4.69, 9.17) is 14.8 Å². The van der Waals surface area contributed by atoms with Crippen molar-refractivity contribution in [2.24, 2.45) is 0 Å². The fourth-order valence-corrected chi connectivity index (χ4v) is 1.47. The molecule has 0 unspecified atom stereocenters. The molecule has 0 saturated carbocycles. The second-order valence-electron chi connectivity index (χ2n) is 3.16. The van der Waals surface area contributed by atoms with E-state index in [-0.39, 0.29) is 6.61 Å². The summed E-state index contributed by atoms with van der Waals surface area (Å²) in [5, 5.41) is 18.6. The zero-order valence-corrected chi connectivity index (χ0v) is 7.74. The lowest BCUT2D eigenvalue weighted by Gasteiger charge is -1.94. The van der Waals surface area contributed by atoms with Crippen LogP contribution in [0.2, 0.25) is 0 Å². The fraction of sp³-hybridized carbons (Fsp3) is 0.182. The number of benzene rings is 1. The van der Waals surface area contributed by atoms with E-state index < -0.39 is 0 Å². The minimum absolute atomic E-state index is 0.0163. The van der Waals surface area contributed by atoms with E-state index in [2.05, 4.69) is 0 Å². The lowest BCUT2D eigenvalue weighted by molar-refractivity contribution is 0.282. The smallest absolute Gasteiger partial charge is 0.207 e. The number of hydrogen-bond acceptors (Lipinski definition) is 3. The first kappa shape index (κ1) is 8.79. The van der Waals surface area contributed by atoms with Crippen molar-refractivity contribution >= 4 is 11.0 Å². The molecule has 0 aliphatic carbocycles. The molecule has 3 nitrogen and oxygen atoms in total. The molecular weight excluding hydrogens is 178 g/mol. The number of furan rings is 1. The molecule has 2 aromatic rings. The molecule has 0 atom stereocenters. The molecule has 70 valence electrons. The molecule has 0 aliphatic rings. The molecule has 0 radical (unpaired) electrons. The Kier molecular flexibility index (Phi) is 1.99. The van der Waals surface area contributed by atoms with E-state index in [9.17, 15) is 0 Å². The Morgan fingerprint density at radius 2 is 2.29 bits per heavy atom. The predicted octanol–water partition coefficient (Wildman–Crippen LogP) is 2.11. The maximum absolute atomic E-state index is 8.92. The van der Waals surface area contributed by atoms with E-state index in [1.165, 1.54) is 0 Å². The molecule has 1 aromatic carbocycles. The summed E-state index contributed by atoms with van der Waals surface area (Å²) in [6.07, 6.45) is 0. The van der Waals surface area contributed by atoms with Gasteiger partial charge in [-0.2, -0.15) is 5.26 Å². The van der Waals surface area contributed by atoms with Crippen LogP contribution in [0.5, 0.6) is 0 Å². The van der Waals surface area contributed by atoms with Gasteiger partial charge in [0.15, 0.2) is 0 Å². The molecule has 0 bridgehead atoms. The molecule has 1 heterocycles. The van der Waals surface area contributed by atoms with Crippen LogP contribution in [0.25, 0.3) is 11.0 Å². The topological polar surface area (TPSA) is 57.2 Å². The minimum atomic E-state index is -0.0163. The Balaban J connectivity index is 2.74. The number of nitrogens with zero attached hydrogens (tertiary/aromatic N) is 1. The molecule has 1 N–H and O–H groups in total. The molecule has 0 spiro atoms. The number of rotatable bonds is 1. The van der Waals surface area contributed by atoms with Crippen molar-refractivity contribution in [1.29, 1.82) is 5.26 Å². The summed E-state index contributed by atoms with van der Waals surface area (Å²) in [4.78, 5) is 0. The highest BCUT2D eigenvalue weighted by Gasteiger charge is 2.09. The van der Waals surface area contributed by atoms with Crippen LogP contribution in [0.3, 0.4) is 0 Å². The van der Waals surface area contributed by atoms with E-state index in [1.807, 2.05) is 25.1 Å². The third-order valence-electron chi connectivity index (χ3n) is 2.29. The lowest BCUT2D eigenvalue weighted by Crippen LogP contribution is -1.80. The van der Waals surface area contributed by atoms with E-state index in [1.54, 1.807) is 6.07 Å². The van der Waals surface area contributed by atoms with Gasteiger partial charge in [-0.15, -0.1) is 0 Å². The third-order valence-corrected chi connectivity index (χ3v) is 2.29. The average Bonchev–Trinajstić information content (AvgIpc) is 2.55. The largest absolute Gasteiger partial charge is 0.445 e. The third kappa shape index (κ3) is 1.17. The molecule has 14 heavy (non-hydrogen) atoms. The predicted molar refractivity (Wildman–Crippen MR) is 51.6 cm³/mol. The SMILES string of the molecule is Cc1c(C#N)oc2cc(CO)ccc12. The average molecular weight is 187 g/mol. The Bertz CT molecular complexity index is 520. The van der Waals surface area contributed by atoms with Gasteiger partial charge in [0.1, 0.15) is 11.7 Å². The van der Waals surface area contributed by atoms with Gasteiger partial charge in [0.25, 0.3) is 0 Å². The van der Waals surface area contributed by atoms with Crippen molar-refractivity contribution in [2.45, 2.75) is 13.5 Å². The maximum Gasteiger partial charge on any atom is 0.207 e. The summed E-state index contributed by atoms with van der Waals surface area (Å²) in [6.45, 7) is 1.83. The first-order chi connectivity index (χ1) is 6.76. The van der Waals surface area contributed by atoms with Crippen LogP contribution in [0.4, 0.5) is 0 Å². The monoisotopic (exact) mass is 187 g/mol. The Labute approximate surface area is 81.2 Å². The Morgan fingerprint density at radius 3 is 2.93 bits per heavy atom. The standard InChI is InChI=1S/C11H9NO2/c1-7-9-3-2-8(6-13)4-10(9)14-11(7)5-12/h2-4,13H,6H2,1H3. The highest BCUT2D eigenvalue weighted by molar-refractivity contribution is 5.83. The van der Waals surface area contributed by atoms with E-state index >= 15 is 0 Å². The van der Waals surface area contributed by atoms with Crippen molar-refractivity contribution in [3.05, 3.63) is 35.1 Å². The summed E-state index contributed by atoms with van der Waals surface area (Å²) in [5.41, 5.74) is 2.30. The van der Waals surface area contributed by atoms with Crippen molar-refractivity contribution in [3.8, 4) is 6.07 Å². The summed E-state index contributed by atoms with van der Waals surface area (Å²) < 4.78 is 5.32. The van der Waals surface area contributed by atoms with Gasteiger partial charge in [-0.1, -0.05) is 12.1 Å². The fourth-order valence-electron chi connectivity index (χ4n) is 1.47. The van der Waals surface area contributed by atoms with Gasteiger partial charge in [-0.3, -0.25) is 0 Å². The number of hydrogen-bond donors (Lipinski definition) is 1. The molecule has 0 amide bonds. The number of fused-ring (bicyclic) bond motifs is 1. The Hall–Kier alpha value is -1.79. The van der Waals surface area contributed by atoms with Crippen molar-refractivity contribution in [2.75, 3.05) is 0 Å². The van der Waals surface area contributed by atoms with Gasteiger partial charge in [-0.05, 0) is 18.6 Å². The summed E-state index contributed by atoms with van der Waals surface area (Å²) >= 11 is 0. The van der Waals surface area contributed by atoms with E-state index in [0.29, 0.717) is 11.3 Å². The van der Waals surface area contributed by atoms with Gasteiger partial charge >= 0.3 is 0 Å². The normalized spacial score (nSPS) is 10.4. The first-order valence-electron chi connectivity index (χ1n) is 4.29. The number of aliphatic hydroxyl groups is 1. The molecule has 0 fully saturated rings. The van der Waals surface area contributed by atoms with Crippen LogP contribution < -0.4 is 0 Å². The highest BCUT2D eigenvalue weighted by atomic mass is 16.3. The van der Waals surface area contributed by atoms with Gasteiger partial charge in [0, 0.05) is 10.9 Å². The number of aliphatic hydroxyl groups excluding tert-OH is 1. The summed E-state index contributed by atoms with van der Waals surface area (Å²) in [5.74, 6) is 0.343. The molecule has 0 aliphatic heterocycles. The molecule has 1 aromatic heterocycles. The Morgan fingerprint density at radius 1 is 1.50 bits per heavy atom. The second kappa shape index (κ2) is 3.17. The lowest BCUT2D eigenvalue weighted by atomic mass is 10.1. The molecule has 3 heteroatoms. The van der Waals surface area contributed by atoms with Crippen LogP contribution >= 0.6 is 0 Å². The number of nitriles is 1. The van der Waals surface area contributed by atoms with E-state index in [0.717, 1.165) is 16.5 Å².